The number of fused-ring (bicyclic) bond motifs is 1. The van der Waals surface area contributed by atoms with E-state index in [1.165, 1.54) is 0 Å². The zero-order chi connectivity index (χ0) is 11.4. The molecule has 0 aliphatic rings. The number of thiophene rings is 1. The minimum absolute atomic E-state index is 0.0632. The fourth-order valence-electron chi connectivity index (χ4n) is 1.51. The average Bonchev–Trinajstić information content (AvgIpc) is 2.76. The highest BCUT2D eigenvalue weighted by molar-refractivity contribution is 7.80. The topological polar surface area (TPSA) is 31.2 Å². The Morgan fingerprint density at radius 3 is 3.06 bits per heavy atom. The highest BCUT2D eigenvalue weighted by Gasteiger charge is 2.02. The van der Waals surface area contributed by atoms with E-state index in [0.717, 1.165) is 10.1 Å². The van der Waals surface area contributed by atoms with E-state index in [9.17, 15) is 4.79 Å². The number of hydrogen-bond donors (Lipinski definition) is 1. The monoisotopic (exact) mass is 255 g/mol. The first-order valence-corrected chi connectivity index (χ1v) is 6.59. The van der Waals surface area contributed by atoms with Gasteiger partial charge in [-0.3, -0.25) is 4.79 Å². The van der Waals surface area contributed by atoms with Crippen molar-refractivity contribution in [3.8, 4) is 0 Å². The molecule has 86 valence electrons. The van der Waals surface area contributed by atoms with E-state index in [4.69, 9.17) is 4.74 Å². The van der Waals surface area contributed by atoms with E-state index in [1.54, 1.807) is 15.9 Å². The van der Waals surface area contributed by atoms with Crippen LogP contribution in [0.2, 0.25) is 0 Å². The molecule has 0 fully saturated rings. The number of thiol groups is 1. The van der Waals surface area contributed by atoms with E-state index in [-0.39, 0.29) is 5.56 Å². The van der Waals surface area contributed by atoms with Crippen molar-refractivity contribution >= 4 is 34.1 Å². The fourth-order valence-corrected chi connectivity index (χ4v) is 2.41. The van der Waals surface area contributed by atoms with Gasteiger partial charge in [0, 0.05) is 23.2 Å². The molecule has 0 radical (unpaired) electrons. The SMILES string of the molecule is O=c1c2ccsc2ccn1CCOCCS. The summed E-state index contributed by atoms with van der Waals surface area (Å²) in [6, 6.07) is 3.84. The summed E-state index contributed by atoms with van der Waals surface area (Å²) in [6.45, 7) is 1.77. The molecule has 5 heteroatoms. The number of pyridine rings is 1. The summed E-state index contributed by atoms with van der Waals surface area (Å²) in [5.41, 5.74) is 0.0632. The summed E-state index contributed by atoms with van der Waals surface area (Å²) in [6.07, 6.45) is 1.82. The molecule has 3 nitrogen and oxygen atoms in total. The van der Waals surface area contributed by atoms with Gasteiger partial charge in [0.2, 0.25) is 0 Å². The van der Waals surface area contributed by atoms with Crippen LogP contribution in [-0.4, -0.2) is 23.5 Å². The maximum atomic E-state index is 12.0. The van der Waals surface area contributed by atoms with Crippen LogP contribution in [0.15, 0.2) is 28.5 Å². The Balaban J connectivity index is 2.12. The predicted octanol–water partition coefficient (Wildman–Crippen LogP) is 2.01. The van der Waals surface area contributed by atoms with Crippen molar-refractivity contribution in [1.29, 1.82) is 0 Å². The molecule has 0 aliphatic heterocycles. The molecule has 0 spiro atoms. The van der Waals surface area contributed by atoms with Gasteiger partial charge in [-0.1, -0.05) is 0 Å². The summed E-state index contributed by atoms with van der Waals surface area (Å²) in [7, 11) is 0. The summed E-state index contributed by atoms with van der Waals surface area (Å²) in [5, 5.41) is 2.73. The first-order chi connectivity index (χ1) is 7.83. The van der Waals surface area contributed by atoms with E-state index < -0.39 is 0 Å². The van der Waals surface area contributed by atoms with Crippen molar-refractivity contribution in [2.24, 2.45) is 0 Å². The molecule has 0 saturated heterocycles. The predicted molar refractivity (Wildman–Crippen MR) is 70.8 cm³/mol. The van der Waals surface area contributed by atoms with Crippen LogP contribution < -0.4 is 5.56 Å². The molecule has 0 aromatic carbocycles. The largest absolute Gasteiger partial charge is 0.379 e. The Morgan fingerprint density at radius 2 is 2.25 bits per heavy atom. The Kier molecular flexibility index (Phi) is 4.04. The summed E-state index contributed by atoms with van der Waals surface area (Å²) in [4.78, 5) is 12.0. The zero-order valence-corrected chi connectivity index (χ0v) is 10.5. The third-order valence-corrected chi connectivity index (χ3v) is 3.37. The van der Waals surface area contributed by atoms with Crippen LogP contribution in [0.1, 0.15) is 0 Å². The van der Waals surface area contributed by atoms with Crippen LogP contribution in [0.25, 0.3) is 10.1 Å². The van der Waals surface area contributed by atoms with Gasteiger partial charge in [-0.15, -0.1) is 11.3 Å². The molecule has 2 rings (SSSR count). The van der Waals surface area contributed by atoms with E-state index >= 15 is 0 Å². The van der Waals surface area contributed by atoms with Crippen molar-refractivity contribution in [2.75, 3.05) is 19.0 Å². The molecule has 0 atom stereocenters. The Morgan fingerprint density at radius 1 is 1.38 bits per heavy atom. The third-order valence-electron chi connectivity index (χ3n) is 2.30. The van der Waals surface area contributed by atoms with Gasteiger partial charge in [0.05, 0.1) is 18.6 Å². The Labute approximate surface area is 103 Å². The molecule has 0 saturated carbocycles. The smallest absolute Gasteiger partial charge is 0.259 e. The lowest BCUT2D eigenvalue weighted by atomic mass is 10.3. The number of rotatable bonds is 5. The van der Waals surface area contributed by atoms with Crippen molar-refractivity contribution < 1.29 is 4.74 Å². The Hall–Kier alpha value is -0.780. The highest BCUT2D eigenvalue weighted by atomic mass is 32.1. The van der Waals surface area contributed by atoms with Crippen LogP contribution in [0.5, 0.6) is 0 Å². The van der Waals surface area contributed by atoms with Crippen molar-refractivity contribution in [2.45, 2.75) is 6.54 Å². The van der Waals surface area contributed by atoms with Gasteiger partial charge in [0.25, 0.3) is 5.56 Å². The maximum absolute atomic E-state index is 12.0. The average molecular weight is 255 g/mol. The molecule has 0 unspecified atom stereocenters. The van der Waals surface area contributed by atoms with Gasteiger partial charge in [0.15, 0.2) is 0 Å². The van der Waals surface area contributed by atoms with Gasteiger partial charge >= 0.3 is 0 Å². The summed E-state index contributed by atoms with van der Waals surface area (Å²) < 4.78 is 8.03. The van der Waals surface area contributed by atoms with Crippen LogP contribution in [0.3, 0.4) is 0 Å². The molecule has 0 amide bonds. The van der Waals surface area contributed by atoms with Crippen molar-refractivity contribution in [1.82, 2.24) is 4.57 Å². The van der Waals surface area contributed by atoms with E-state index in [2.05, 4.69) is 12.6 Å². The summed E-state index contributed by atoms with van der Waals surface area (Å²) in [5.74, 6) is 0.707. The molecular weight excluding hydrogens is 242 g/mol. The molecule has 2 aromatic rings. The van der Waals surface area contributed by atoms with Crippen LogP contribution >= 0.6 is 24.0 Å². The second kappa shape index (κ2) is 5.52. The van der Waals surface area contributed by atoms with Gasteiger partial charge < -0.3 is 9.30 Å². The van der Waals surface area contributed by atoms with Gasteiger partial charge in [0.1, 0.15) is 0 Å². The van der Waals surface area contributed by atoms with Crippen molar-refractivity contribution in [3.05, 3.63) is 34.1 Å². The second-order valence-electron chi connectivity index (χ2n) is 3.35. The van der Waals surface area contributed by atoms with Gasteiger partial charge in [-0.25, -0.2) is 0 Å². The second-order valence-corrected chi connectivity index (χ2v) is 4.74. The van der Waals surface area contributed by atoms with Gasteiger partial charge in [-0.05, 0) is 17.5 Å². The first-order valence-electron chi connectivity index (χ1n) is 5.08. The molecule has 2 heterocycles. The molecule has 0 aliphatic carbocycles. The molecule has 0 N–H and O–H groups in total. The van der Waals surface area contributed by atoms with E-state index in [0.29, 0.717) is 25.5 Å². The number of nitrogens with zero attached hydrogens (tertiary/aromatic N) is 1. The quantitative estimate of drug-likeness (QED) is 0.654. The lowest BCUT2D eigenvalue weighted by molar-refractivity contribution is 0.141. The summed E-state index contributed by atoms with van der Waals surface area (Å²) >= 11 is 5.64. The number of hydrogen-bond acceptors (Lipinski definition) is 4. The normalized spacial score (nSPS) is 11.1. The molecule has 2 aromatic heterocycles. The lowest BCUT2D eigenvalue weighted by Gasteiger charge is -2.05. The van der Waals surface area contributed by atoms with Gasteiger partial charge in [-0.2, -0.15) is 12.6 Å². The third kappa shape index (κ3) is 2.48. The van der Waals surface area contributed by atoms with Crippen LogP contribution in [0.4, 0.5) is 0 Å². The number of ether oxygens (including phenoxy) is 1. The maximum Gasteiger partial charge on any atom is 0.259 e. The van der Waals surface area contributed by atoms with Crippen molar-refractivity contribution in [3.63, 3.8) is 0 Å². The molecular formula is C11H13NO2S2. The number of aromatic nitrogens is 1. The minimum Gasteiger partial charge on any atom is -0.379 e. The molecule has 16 heavy (non-hydrogen) atoms. The van der Waals surface area contributed by atoms with Crippen LogP contribution in [-0.2, 0) is 11.3 Å². The minimum atomic E-state index is 0.0632. The van der Waals surface area contributed by atoms with Crippen LogP contribution in [0, 0.1) is 0 Å². The first kappa shape index (κ1) is 11.7. The highest BCUT2D eigenvalue weighted by Crippen LogP contribution is 2.15. The fraction of sp³-hybridized carbons (Fsp3) is 0.364. The lowest BCUT2D eigenvalue weighted by Crippen LogP contribution is -2.21. The van der Waals surface area contributed by atoms with E-state index in [1.807, 2.05) is 23.7 Å². The standard InChI is InChI=1S/C11H13NO2S2/c13-11-9-2-8-16-10(9)1-3-12(11)4-5-14-6-7-15/h1-3,8,15H,4-7H2. The molecule has 0 bridgehead atoms. The Bertz CT molecular complexity index is 518. The zero-order valence-electron chi connectivity index (χ0n) is 8.76.